The normalized spacial score (nSPS) is 16.4. The second-order valence-corrected chi connectivity index (χ2v) is 6.51. The highest BCUT2D eigenvalue weighted by Gasteiger charge is 2.47. The Morgan fingerprint density at radius 3 is 2.42 bits per heavy atom. The average molecular weight is 428 g/mol. The summed E-state index contributed by atoms with van der Waals surface area (Å²) in [5, 5.41) is 4.23. The molecule has 0 fully saturated rings. The van der Waals surface area contributed by atoms with Crippen LogP contribution in [0, 0.1) is 0 Å². The average Bonchev–Trinajstić information content (AvgIpc) is 3.09. The molecule has 0 N–H and O–H groups in total. The molecular weight excluding hydrogens is 415 g/mol. The molecule has 5 nitrogen and oxygen atoms in total. The second kappa shape index (κ2) is 6.64. The van der Waals surface area contributed by atoms with Gasteiger partial charge in [0.15, 0.2) is 5.71 Å². The van der Waals surface area contributed by atoms with Gasteiger partial charge in [-0.15, -0.1) is 0 Å². The fourth-order valence-electron chi connectivity index (χ4n) is 2.39. The van der Waals surface area contributed by atoms with Gasteiger partial charge in [0.25, 0.3) is 5.91 Å². The molecule has 0 radical (unpaired) electrons. The third-order valence-electron chi connectivity index (χ3n) is 3.53. The molecule has 0 bridgehead atoms. The maximum absolute atomic E-state index is 13.4. The third-order valence-corrected chi connectivity index (χ3v) is 4.10. The maximum Gasteiger partial charge on any atom is 0.435 e. The molecule has 1 aliphatic heterocycles. The van der Waals surface area contributed by atoms with Crippen LogP contribution in [-0.2, 0) is 4.79 Å². The number of furan rings is 1. The number of carbonyl (C=O) groups excluding carboxylic acids is 1. The number of amides is 1. The fraction of sp³-hybridized carbons (Fsp3) is 0.176. The summed E-state index contributed by atoms with van der Waals surface area (Å²) in [4.78, 5) is 14.2. The lowest BCUT2D eigenvalue weighted by atomic mass is 10.1. The molecule has 3 rings (SSSR count). The SMILES string of the molecule is CN(C)c1oc(/C=C2\C(=O)N(c3ccccc3)N=C2C(F)(F)F)cc1Br. The lowest BCUT2D eigenvalue weighted by Gasteiger charge is -2.10. The van der Waals surface area contributed by atoms with Crippen molar-refractivity contribution < 1.29 is 22.4 Å². The van der Waals surface area contributed by atoms with E-state index in [1.165, 1.54) is 18.2 Å². The number of hydrazone groups is 1. The van der Waals surface area contributed by atoms with E-state index in [4.69, 9.17) is 4.42 Å². The third kappa shape index (κ3) is 3.39. The monoisotopic (exact) mass is 427 g/mol. The lowest BCUT2D eigenvalue weighted by Crippen LogP contribution is -2.25. The van der Waals surface area contributed by atoms with Crippen LogP contribution < -0.4 is 9.91 Å². The summed E-state index contributed by atoms with van der Waals surface area (Å²) in [5.41, 5.74) is -1.59. The van der Waals surface area contributed by atoms with Gasteiger partial charge < -0.3 is 9.32 Å². The van der Waals surface area contributed by atoms with Crippen molar-refractivity contribution in [1.29, 1.82) is 0 Å². The van der Waals surface area contributed by atoms with Crippen LogP contribution in [0.4, 0.5) is 24.7 Å². The smallest absolute Gasteiger partial charge is 0.435 e. The summed E-state index contributed by atoms with van der Waals surface area (Å²) < 4.78 is 46.2. The van der Waals surface area contributed by atoms with Crippen LogP contribution in [0.2, 0.25) is 0 Å². The van der Waals surface area contributed by atoms with Gasteiger partial charge in [0.2, 0.25) is 5.88 Å². The first-order valence-corrected chi connectivity index (χ1v) is 8.22. The first-order chi connectivity index (χ1) is 12.2. The van der Waals surface area contributed by atoms with Crippen LogP contribution in [0.5, 0.6) is 0 Å². The Labute approximate surface area is 155 Å². The molecule has 1 aliphatic rings. The summed E-state index contributed by atoms with van der Waals surface area (Å²) in [5.74, 6) is -0.342. The Hall–Kier alpha value is -2.55. The predicted octanol–water partition coefficient (Wildman–Crippen LogP) is 4.46. The number of para-hydroxylation sites is 1. The quantitative estimate of drug-likeness (QED) is 0.679. The Bertz CT molecular complexity index is 902. The number of anilines is 2. The largest absolute Gasteiger partial charge is 0.440 e. The van der Waals surface area contributed by atoms with Crippen molar-refractivity contribution in [3.05, 3.63) is 52.2 Å². The molecule has 0 spiro atoms. The number of benzene rings is 1. The van der Waals surface area contributed by atoms with Gasteiger partial charge in [-0.05, 0) is 34.1 Å². The van der Waals surface area contributed by atoms with Crippen molar-refractivity contribution in [2.75, 3.05) is 24.0 Å². The second-order valence-electron chi connectivity index (χ2n) is 5.65. The fourth-order valence-corrected chi connectivity index (χ4v) is 3.05. The minimum Gasteiger partial charge on any atom is -0.440 e. The van der Waals surface area contributed by atoms with Crippen LogP contribution in [0.1, 0.15) is 5.76 Å². The van der Waals surface area contributed by atoms with Gasteiger partial charge in [0, 0.05) is 20.2 Å². The molecule has 1 aromatic heterocycles. The van der Waals surface area contributed by atoms with E-state index in [0.717, 1.165) is 11.1 Å². The molecule has 1 aromatic carbocycles. The van der Waals surface area contributed by atoms with E-state index in [2.05, 4.69) is 21.0 Å². The van der Waals surface area contributed by atoms with E-state index in [-0.39, 0.29) is 11.4 Å². The first-order valence-electron chi connectivity index (χ1n) is 7.42. The molecular formula is C17H13BrF3N3O2. The predicted molar refractivity (Wildman–Crippen MR) is 96.1 cm³/mol. The molecule has 0 unspecified atom stereocenters. The zero-order valence-corrected chi connectivity index (χ0v) is 15.3. The minimum atomic E-state index is -4.78. The molecule has 26 heavy (non-hydrogen) atoms. The van der Waals surface area contributed by atoms with E-state index >= 15 is 0 Å². The van der Waals surface area contributed by atoms with E-state index < -0.39 is 23.4 Å². The number of halogens is 4. The number of nitrogens with zero attached hydrogens (tertiary/aromatic N) is 3. The molecule has 136 valence electrons. The number of rotatable bonds is 3. The van der Waals surface area contributed by atoms with Crippen molar-refractivity contribution in [2.24, 2.45) is 5.10 Å². The zero-order chi connectivity index (χ0) is 19.1. The van der Waals surface area contributed by atoms with Crippen LogP contribution in [-0.4, -0.2) is 31.9 Å². The van der Waals surface area contributed by atoms with E-state index in [1.54, 1.807) is 37.2 Å². The van der Waals surface area contributed by atoms with Gasteiger partial charge in [0.1, 0.15) is 5.76 Å². The molecule has 1 amide bonds. The Balaban J connectivity index is 2.06. The molecule has 0 saturated carbocycles. The standard InChI is InChI=1S/C17H13BrF3N3O2/c1-23(2)16-13(18)9-11(26-16)8-12-14(17(19,20)21)22-24(15(12)25)10-6-4-3-5-7-10/h3-9H,1-2H3/b12-8-. The van der Waals surface area contributed by atoms with Gasteiger partial charge >= 0.3 is 6.18 Å². The van der Waals surface area contributed by atoms with Gasteiger partial charge in [-0.2, -0.15) is 23.3 Å². The summed E-state index contributed by atoms with van der Waals surface area (Å²) in [6.07, 6.45) is -3.73. The van der Waals surface area contributed by atoms with Gasteiger partial charge in [-0.3, -0.25) is 4.79 Å². The van der Waals surface area contributed by atoms with Crippen LogP contribution in [0.15, 0.2) is 56.0 Å². The summed E-state index contributed by atoms with van der Waals surface area (Å²) in [6.45, 7) is 0. The van der Waals surface area contributed by atoms with Crippen LogP contribution in [0.3, 0.4) is 0 Å². The molecule has 0 aliphatic carbocycles. The van der Waals surface area contributed by atoms with Gasteiger partial charge in [-0.25, -0.2) is 0 Å². The molecule has 9 heteroatoms. The molecule has 0 saturated heterocycles. The molecule has 2 aromatic rings. The zero-order valence-electron chi connectivity index (χ0n) is 13.7. The van der Waals surface area contributed by atoms with E-state index in [9.17, 15) is 18.0 Å². The van der Waals surface area contributed by atoms with E-state index in [1.807, 2.05) is 0 Å². The van der Waals surface area contributed by atoms with E-state index in [0.29, 0.717) is 10.4 Å². The highest BCUT2D eigenvalue weighted by Crippen LogP contribution is 2.35. The lowest BCUT2D eigenvalue weighted by molar-refractivity contribution is -0.114. The van der Waals surface area contributed by atoms with Crippen molar-refractivity contribution in [3.8, 4) is 0 Å². The highest BCUT2D eigenvalue weighted by molar-refractivity contribution is 9.10. The number of hydrogen-bond acceptors (Lipinski definition) is 4. The van der Waals surface area contributed by atoms with Crippen molar-refractivity contribution in [3.63, 3.8) is 0 Å². The minimum absolute atomic E-state index is 0.107. The van der Waals surface area contributed by atoms with Gasteiger partial charge in [-0.1, -0.05) is 18.2 Å². The Morgan fingerprint density at radius 1 is 1.23 bits per heavy atom. The molecule has 0 atom stereocenters. The number of hydrogen-bond donors (Lipinski definition) is 0. The molecule has 2 heterocycles. The number of carbonyl (C=O) groups is 1. The maximum atomic E-state index is 13.4. The van der Waals surface area contributed by atoms with Crippen LogP contribution >= 0.6 is 15.9 Å². The topological polar surface area (TPSA) is 49.1 Å². The summed E-state index contributed by atoms with van der Waals surface area (Å²) >= 11 is 3.27. The van der Waals surface area contributed by atoms with Crippen LogP contribution in [0.25, 0.3) is 6.08 Å². The van der Waals surface area contributed by atoms with Crippen molar-refractivity contribution in [1.82, 2.24) is 0 Å². The first kappa shape index (κ1) is 18.2. The highest BCUT2D eigenvalue weighted by atomic mass is 79.9. The summed E-state index contributed by atoms with van der Waals surface area (Å²) in [7, 11) is 3.45. The summed E-state index contributed by atoms with van der Waals surface area (Å²) in [6, 6.07) is 9.42. The van der Waals surface area contributed by atoms with Crippen molar-refractivity contribution >= 4 is 45.2 Å². The number of alkyl halides is 3. The Morgan fingerprint density at radius 2 is 1.88 bits per heavy atom. The Kier molecular flexibility index (Phi) is 4.66. The van der Waals surface area contributed by atoms with Gasteiger partial charge in [0.05, 0.1) is 15.7 Å². The van der Waals surface area contributed by atoms with Crippen molar-refractivity contribution in [2.45, 2.75) is 6.18 Å².